The van der Waals surface area contributed by atoms with Gasteiger partial charge in [0.1, 0.15) is 0 Å². The first-order valence-corrected chi connectivity index (χ1v) is 6.66. The van der Waals surface area contributed by atoms with Crippen molar-refractivity contribution >= 4 is 39.8 Å². The predicted octanol–water partition coefficient (Wildman–Crippen LogP) is 2.11. The molecule has 3 rings (SSSR count). The van der Waals surface area contributed by atoms with Crippen molar-refractivity contribution in [2.45, 2.75) is 6.42 Å². The summed E-state index contributed by atoms with van der Waals surface area (Å²) in [6.45, 7) is 0.220. The molecule has 2 aromatic rings. The lowest BCUT2D eigenvalue weighted by Gasteiger charge is -2.27. The molecule has 2 N–H and O–H groups in total. The first-order valence-electron chi connectivity index (χ1n) is 6.26. The molecule has 0 spiro atoms. The zero-order chi connectivity index (χ0) is 14.3. The molecule has 100 valence electrons. The third-order valence-corrected chi connectivity index (χ3v) is 3.64. The van der Waals surface area contributed by atoms with Crippen LogP contribution in [-0.4, -0.2) is 28.2 Å². The van der Waals surface area contributed by atoms with Gasteiger partial charge < -0.3 is 5.73 Å². The molecule has 0 saturated heterocycles. The molecule has 1 aliphatic rings. The second-order valence-corrected chi connectivity index (χ2v) is 5.21. The quantitative estimate of drug-likeness (QED) is 0.692. The van der Waals surface area contributed by atoms with Crippen molar-refractivity contribution in [1.29, 1.82) is 0 Å². The smallest absolute Gasteiger partial charge is 0.261 e. The molecule has 0 unspecified atom stereocenters. The summed E-state index contributed by atoms with van der Waals surface area (Å²) in [4.78, 5) is 26.4. The van der Waals surface area contributed by atoms with Crippen LogP contribution in [0.3, 0.4) is 0 Å². The summed E-state index contributed by atoms with van der Waals surface area (Å²) in [5, 5.41) is 1.63. The predicted molar refractivity (Wildman–Crippen MR) is 80.7 cm³/mol. The van der Waals surface area contributed by atoms with E-state index in [4.69, 9.17) is 18.0 Å². The summed E-state index contributed by atoms with van der Waals surface area (Å²) in [6, 6.07) is 10.9. The monoisotopic (exact) mass is 284 g/mol. The van der Waals surface area contributed by atoms with E-state index in [9.17, 15) is 9.59 Å². The van der Waals surface area contributed by atoms with Crippen molar-refractivity contribution in [1.82, 2.24) is 4.90 Å². The van der Waals surface area contributed by atoms with E-state index in [0.29, 0.717) is 22.5 Å². The van der Waals surface area contributed by atoms with Crippen molar-refractivity contribution in [3.63, 3.8) is 0 Å². The minimum absolute atomic E-state index is 0.220. The second-order valence-electron chi connectivity index (χ2n) is 4.69. The Balaban J connectivity index is 2.14. The highest BCUT2D eigenvalue weighted by Crippen LogP contribution is 2.29. The summed E-state index contributed by atoms with van der Waals surface area (Å²) >= 11 is 4.81. The van der Waals surface area contributed by atoms with E-state index in [0.717, 1.165) is 10.8 Å². The SMILES string of the molecule is NC(=S)CCN1C(=O)c2cccc3cccc(c23)C1=O. The van der Waals surface area contributed by atoms with Crippen molar-refractivity contribution in [3.05, 3.63) is 47.5 Å². The average Bonchev–Trinajstić information content (AvgIpc) is 2.44. The van der Waals surface area contributed by atoms with Crippen LogP contribution in [0.4, 0.5) is 0 Å². The highest BCUT2D eigenvalue weighted by Gasteiger charge is 2.32. The van der Waals surface area contributed by atoms with E-state index < -0.39 is 0 Å². The lowest BCUT2D eigenvalue weighted by molar-refractivity contribution is 0.0615. The van der Waals surface area contributed by atoms with E-state index in [1.165, 1.54) is 4.90 Å². The van der Waals surface area contributed by atoms with Crippen LogP contribution in [0.25, 0.3) is 10.8 Å². The number of hydrogen-bond acceptors (Lipinski definition) is 3. The molecule has 20 heavy (non-hydrogen) atoms. The van der Waals surface area contributed by atoms with Gasteiger partial charge in [-0.05, 0) is 17.5 Å². The molecule has 0 atom stereocenters. The Morgan fingerprint density at radius 2 is 1.60 bits per heavy atom. The van der Waals surface area contributed by atoms with Crippen molar-refractivity contribution in [2.75, 3.05) is 6.54 Å². The van der Waals surface area contributed by atoms with Gasteiger partial charge in [0.15, 0.2) is 0 Å². The van der Waals surface area contributed by atoms with Gasteiger partial charge in [-0.3, -0.25) is 14.5 Å². The van der Waals surface area contributed by atoms with Gasteiger partial charge in [0.25, 0.3) is 11.8 Å². The zero-order valence-corrected chi connectivity index (χ0v) is 11.4. The van der Waals surface area contributed by atoms with Gasteiger partial charge in [0.2, 0.25) is 0 Å². The summed E-state index contributed by atoms with van der Waals surface area (Å²) in [7, 11) is 0. The fraction of sp³-hybridized carbons (Fsp3) is 0.133. The number of benzene rings is 2. The van der Waals surface area contributed by atoms with Gasteiger partial charge in [0.05, 0.1) is 4.99 Å². The maximum Gasteiger partial charge on any atom is 0.261 e. The number of thiocarbonyl (C=S) groups is 1. The number of rotatable bonds is 3. The fourth-order valence-electron chi connectivity index (χ4n) is 2.51. The summed E-state index contributed by atoms with van der Waals surface area (Å²) in [6.07, 6.45) is 0.338. The maximum absolute atomic E-state index is 12.4. The van der Waals surface area contributed by atoms with Crippen molar-refractivity contribution in [2.24, 2.45) is 5.73 Å². The van der Waals surface area contributed by atoms with E-state index in [2.05, 4.69) is 0 Å². The van der Waals surface area contributed by atoms with Crippen LogP contribution in [0.1, 0.15) is 27.1 Å². The highest BCUT2D eigenvalue weighted by molar-refractivity contribution is 7.80. The Morgan fingerprint density at radius 1 is 1.05 bits per heavy atom. The van der Waals surface area contributed by atoms with Gasteiger partial charge in [-0.15, -0.1) is 0 Å². The van der Waals surface area contributed by atoms with E-state index >= 15 is 0 Å². The molecule has 5 heteroatoms. The molecule has 0 bridgehead atoms. The molecule has 1 aliphatic heterocycles. The van der Waals surface area contributed by atoms with Gasteiger partial charge in [-0.2, -0.15) is 0 Å². The van der Waals surface area contributed by atoms with Gasteiger partial charge >= 0.3 is 0 Å². The summed E-state index contributed by atoms with van der Waals surface area (Å²) in [5.41, 5.74) is 6.57. The number of hydrogen-bond donors (Lipinski definition) is 1. The largest absolute Gasteiger partial charge is 0.393 e. The topological polar surface area (TPSA) is 63.4 Å². The number of carbonyl (C=O) groups excluding carboxylic acids is 2. The molecule has 0 aromatic heterocycles. The number of imide groups is 1. The molecule has 1 heterocycles. The second kappa shape index (κ2) is 4.68. The number of amides is 2. The van der Waals surface area contributed by atoms with Crippen molar-refractivity contribution < 1.29 is 9.59 Å². The minimum atomic E-state index is -0.282. The van der Waals surface area contributed by atoms with Crippen LogP contribution in [0.5, 0.6) is 0 Å². The molecule has 0 aliphatic carbocycles. The van der Waals surface area contributed by atoms with Crippen LogP contribution in [0, 0.1) is 0 Å². The summed E-state index contributed by atoms with van der Waals surface area (Å²) < 4.78 is 0. The normalized spacial score (nSPS) is 13.9. The van der Waals surface area contributed by atoms with E-state index in [1.807, 2.05) is 24.3 Å². The Labute approximate surface area is 121 Å². The maximum atomic E-state index is 12.4. The van der Waals surface area contributed by atoms with Crippen LogP contribution < -0.4 is 5.73 Å². The zero-order valence-electron chi connectivity index (χ0n) is 10.6. The molecule has 0 fully saturated rings. The van der Waals surface area contributed by atoms with Gasteiger partial charge in [0, 0.05) is 29.5 Å². The highest BCUT2D eigenvalue weighted by atomic mass is 32.1. The molecule has 0 radical (unpaired) electrons. The molecular weight excluding hydrogens is 272 g/mol. The van der Waals surface area contributed by atoms with Gasteiger partial charge in [-0.25, -0.2) is 0 Å². The van der Waals surface area contributed by atoms with Crippen LogP contribution in [0.15, 0.2) is 36.4 Å². The molecule has 4 nitrogen and oxygen atoms in total. The molecule has 0 saturated carbocycles. The lowest BCUT2D eigenvalue weighted by Crippen LogP contribution is -2.41. The Morgan fingerprint density at radius 3 is 2.10 bits per heavy atom. The minimum Gasteiger partial charge on any atom is -0.393 e. The van der Waals surface area contributed by atoms with Crippen LogP contribution >= 0.6 is 12.2 Å². The Hall–Kier alpha value is -2.27. The van der Waals surface area contributed by atoms with E-state index in [-0.39, 0.29) is 18.4 Å². The van der Waals surface area contributed by atoms with Crippen LogP contribution in [0.2, 0.25) is 0 Å². The molecule has 2 amide bonds. The summed E-state index contributed by atoms with van der Waals surface area (Å²) in [5.74, 6) is -0.564. The van der Waals surface area contributed by atoms with Gasteiger partial charge in [-0.1, -0.05) is 36.5 Å². The molecular formula is C15H12N2O2S. The fourth-order valence-corrected chi connectivity index (χ4v) is 2.60. The number of nitrogens with two attached hydrogens (primary N) is 1. The average molecular weight is 284 g/mol. The standard InChI is InChI=1S/C15H12N2O2S/c16-12(20)7-8-17-14(18)10-5-1-3-9-4-2-6-11(13(9)10)15(17)19/h1-6H,7-8H2,(H2,16,20). The van der Waals surface area contributed by atoms with Crippen LogP contribution in [-0.2, 0) is 0 Å². The third-order valence-electron chi connectivity index (χ3n) is 3.44. The first-order chi connectivity index (χ1) is 9.59. The number of nitrogens with zero attached hydrogens (tertiary/aromatic N) is 1. The first kappa shape index (κ1) is 12.7. The number of carbonyl (C=O) groups is 2. The molecule has 2 aromatic carbocycles. The van der Waals surface area contributed by atoms with Crippen molar-refractivity contribution in [3.8, 4) is 0 Å². The lowest BCUT2D eigenvalue weighted by atomic mass is 9.94. The van der Waals surface area contributed by atoms with E-state index in [1.54, 1.807) is 12.1 Å². The Kier molecular flexibility index (Phi) is 2.99. The third kappa shape index (κ3) is 1.87. The Bertz CT molecular complexity index is 704.